The Morgan fingerprint density at radius 1 is 0.933 bits per heavy atom. The number of benzene rings is 3. The molecule has 3 aromatic carbocycles. The van der Waals surface area contributed by atoms with E-state index in [9.17, 15) is 13.2 Å². The van der Waals surface area contributed by atoms with Crippen LogP contribution < -0.4 is 10.0 Å². The maximum atomic E-state index is 12.4. The molecule has 1 amide bonds. The van der Waals surface area contributed by atoms with Gasteiger partial charge in [0.2, 0.25) is 5.91 Å². The summed E-state index contributed by atoms with van der Waals surface area (Å²) in [5.41, 5.74) is 2.70. The molecule has 0 bridgehead atoms. The van der Waals surface area contributed by atoms with Crippen molar-refractivity contribution in [3.8, 4) is 0 Å². The van der Waals surface area contributed by atoms with Crippen molar-refractivity contribution in [2.75, 3.05) is 16.6 Å². The molecule has 30 heavy (non-hydrogen) atoms. The van der Waals surface area contributed by atoms with Crippen LogP contribution in [0.4, 0.5) is 11.4 Å². The fraction of sp³-hybridized carbons (Fsp3) is 0.136. The van der Waals surface area contributed by atoms with Gasteiger partial charge in [0, 0.05) is 16.4 Å². The number of rotatable bonds is 8. The molecule has 6 nitrogen and oxygen atoms in total. The van der Waals surface area contributed by atoms with Gasteiger partial charge in [-0.15, -0.1) is 0 Å². The van der Waals surface area contributed by atoms with Gasteiger partial charge in [0.25, 0.3) is 10.0 Å². The molecule has 156 valence electrons. The van der Waals surface area contributed by atoms with Crippen LogP contribution in [0.2, 0.25) is 5.02 Å². The topological polar surface area (TPSA) is 84.5 Å². The van der Waals surface area contributed by atoms with E-state index in [1.165, 1.54) is 0 Å². The molecule has 3 aromatic rings. The van der Waals surface area contributed by atoms with Crippen LogP contribution >= 0.6 is 11.6 Å². The van der Waals surface area contributed by atoms with Crippen LogP contribution in [-0.2, 0) is 26.2 Å². The number of carbonyl (C=O) groups excluding carboxylic acids is 1. The molecule has 0 radical (unpaired) electrons. The predicted octanol–water partition coefficient (Wildman–Crippen LogP) is 4.60. The van der Waals surface area contributed by atoms with Crippen LogP contribution in [0.1, 0.15) is 11.1 Å². The van der Waals surface area contributed by atoms with Crippen molar-refractivity contribution in [3.05, 3.63) is 88.9 Å². The lowest BCUT2D eigenvalue weighted by Crippen LogP contribution is -2.18. The van der Waals surface area contributed by atoms with E-state index >= 15 is 0 Å². The van der Waals surface area contributed by atoms with Gasteiger partial charge in [-0.3, -0.25) is 9.52 Å². The van der Waals surface area contributed by atoms with Crippen LogP contribution in [0.15, 0.2) is 77.7 Å². The summed E-state index contributed by atoms with van der Waals surface area (Å²) in [6.45, 7) is 1.98. The summed E-state index contributed by atoms with van der Waals surface area (Å²) < 4.78 is 32.8. The first-order chi connectivity index (χ1) is 14.3. The van der Waals surface area contributed by atoms with Gasteiger partial charge in [0.05, 0.1) is 11.5 Å². The van der Waals surface area contributed by atoms with Gasteiger partial charge in [-0.1, -0.05) is 47.5 Å². The van der Waals surface area contributed by atoms with Crippen molar-refractivity contribution in [3.63, 3.8) is 0 Å². The number of carbonyl (C=O) groups is 1. The highest BCUT2D eigenvalue weighted by atomic mass is 35.5. The van der Waals surface area contributed by atoms with E-state index in [1.54, 1.807) is 54.6 Å². The van der Waals surface area contributed by atoms with Crippen LogP contribution in [0.3, 0.4) is 0 Å². The SMILES string of the molecule is Cc1ccc(S(=O)(=O)Nc2ccc(NC(=O)COCc3ccccc3Cl)cc2)cc1. The third-order valence-electron chi connectivity index (χ3n) is 4.20. The predicted molar refractivity (Wildman–Crippen MR) is 118 cm³/mol. The Morgan fingerprint density at radius 3 is 2.23 bits per heavy atom. The number of halogens is 1. The van der Waals surface area contributed by atoms with Crippen molar-refractivity contribution in [1.29, 1.82) is 0 Å². The fourth-order valence-electron chi connectivity index (χ4n) is 2.62. The lowest BCUT2D eigenvalue weighted by Gasteiger charge is -2.10. The normalized spacial score (nSPS) is 11.1. The summed E-state index contributed by atoms with van der Waals surface area (Å²) in [6, 6.07) is 20.2. The summed E-state index contributed by atoms with van der Waals surface area (Å²) in [5.74, 6) is -0.324. The quantitative estimate of drug-likeness (QED) is 0.531. The van der Waals surface area contributed by atoms with E-state index in [0.717, 1.165) is 11.1 Å². The monoisotopic (exact) mass is 444 g/mol. The number of hydrogen-bond donors (Lipinski definition) is 2. The van der Waals surface area contributed by atoms with Gasteiger partial charge < -0.3 is 10.1 Å². The molecule has 0 aromatic heterocycles. The van der Waals surface area contributed by atoms with Crippen molar-refractivity contribution in [1.82, 2.24) is 0 Å². The van der Waals surface area contributed by atoms with Crippen LogP contribution in [0.25, 0.3) is 0 Å². The van der Waals surface area contributed by atoms with E-state index < -0.39 is 10.0 Å². The zero-order valence-electron chi connectivity index (χ0n) is 16.3. The van der Waals surface area contributed by atoms with Crippen LogP contribution in [0.5, 0.6) is 0 Å². The molecule has 0 unspecified atom stereocenters. The lowest BCUT2D eigenvalue weighted by molar-refractivity contribution is -0.121. The largest absolute Gasteiger partial charge is 0.367 e. The highest BCUT2D eigenvalue weighted by Gasteiger charge is 2.14. The van der Waals surface area contributed by atoms with Gasteiger partial charge in [-0.2, -0.15) is 0 Å². The average molecular weight is 445 g/mol. The van der Waals surface area contributed by atoms with Crippen molar-refractivity contribution < 1.29 is 17.9 Å². The second kappa shape index (κ2) is 9.75. The second-order valence-corrected chi connectivity index (χ2v) is 8.72. The highest BCUT2D eigenvalue weighted by Crippen LogP contribution is 2.19. The minimum Gasteiger partial charge on any atom is -0.367 e. The number of amides is 1. The Kier molecular flexibility index (Phi) is 7.10. The summed E-state index contributed by atoms with van der Waals surface area (Å²) in [4.78, 5) is 12.2. The van der Waals surface area contributed by atoms with E-state index in [0.29, 0.717) is 16.4 Å². The lowest BCUT2D eigenvalue weighted by atomic mass is 10.2. The van der Waals surface area contributed by atoms with Crippen molar-refractivity contribution >= 4 is 38.9 Å². The van der Waals surface area contributed by atoms with E-state index in [4.69, 9.17) is 16.3 Å². The smallest absolute Gasteiger partial charge is 0.261 e. The molecule has 0 saturated carbocycles. The maximum Gasteiger partial charge on any atom is 0.261 e. The molecule has 0 aliphatic carbocycles. The van der Waals surface area contributed by atoms with Crippen LogP contribution in [0, 0.1) is 6.92 Å². The number of aryl methyl sites for hydroxylation is 1. The molecule has 0 saturated heterocycles. The molecular formula is C22H21ClN2O4S. The third kappa shape index (κ3) is 6.06. The van der Waals surface area contributed by atoms with E-state index in [2.05, 4.69) is 10.0 Å². The van der Waals surface area contributed by atoms with E-state index in [1.807, 2.05) is 25.1 Å². The van der Waals surface area contributed by atoms with E-state index in [-0.39, 0.29) is 24.0 Å². The third-order valence-corrected chi connectivity index (χ3v) is 5.97. The second-order valence-electron chi connectivity index (χ2n) is 6.63. The first-order valence-electron chi connectivity index (χ1n) is 9.14. The maximum absolute atomic E-state index is 12.4. The molecule has 2 N–H and O–H groups in total. The van der Waals surface area contributed by atoms with Crippen molar-refractivity contribution in [2.24, 2.45) is 0 Å². The number of hydrogen-bond acceptors (Lipinski definition) is 4. The molecular weight excluding hydrogens is 424 g/mol. The minimum absolute atomic E-state index is 0.132. The Morgan fingerprint density at radius 2 is 1.57 bits per heavy atom. The molecule has 0 aliphatic rings. The van der Waals surface area contributed by atoms with Gasteiger partial charge >= 0.3 is 0 Å². The standard InChI is InChI=1S/C22H21ClN2O4S/c1-16-6-12-20(13-7-16)30(27,28)25-19-10-8-18(9-11-19)24-22(26)15-29-14-17-4-2-3-5-21(17)23/h2-13,25H,14-15H2,1H3,(H,24,26). The average Bonchev–Trinajstić information content (AvgIpc) is 2.71. The van der Waals surface area contributed by atoms with Gasteiger partial charge in [0.1, 0.15) is 6.61 Å². The number of anilines is 2. The Hall–Kier alpha value is -2.87. The minimum atomic E-state index is -3.68. The Balaban J connectivity index is 1.52. The number of ether oxygens (including phenoxy) is 1. The summed E-state index contributed by atoms with van der Waals surface area (Å²) in [6.07, 6.45) is 0. The first-order valence-corrected chi connectivity index (χ1v) is 11.0. The fourth-order valence-corrected chi connectivity index (χ4v) is 3.87. The Bertz CT molecular complexity index is 1110. The molecule has 0 atom stereocenters. The number of nitrogens with one attached hydrogen (secondary N) is 2. The molecule has 3 rings (SSSR count). The molecule has 0 spiro atoms. The summed E-state index contributed by atoms with van der Waals surface area (Å²) in [7, 11) is -3.68. The van der Waals surface area contributed by atoms with Crippen molar-refractivity contribution in [2.45, 2.75) is 18.4 Å². The highest BCUT2D eigenvalue weighted by molar-refractivity contribution is 7.92. The van der Waals surface area contributed by atoms with Crippen LogP contribution in [-0.4, -0.2) is 20.9 Å². The first kappa shape index (κ1) is 21.8. The zero-order chi connectivity index (χ0) is 21.6. The zero-order valence-corrected chi connectivity index (χ0v) is 17.8. The summed E-state index contributed by atoms with van der Waals surface area (Å²) >= 11 is 6.05. The molecule has 0 heterocycles. The molecule has 0 fully saturated rings. The Labute approximate surface area is 180 Å². The molecule has 8 heteroatoms. The van der Waals surface area contributed by atoms with Gasteiger partial charge in [0.15, 0.2) is 0 Å². The van der Waals surface area contributed by atoms with Gasteiger partial charge in [-0.25, -0.2) is 8.42 Å². The van der Waals surface area contributed by atoms with Gasteiger partial charge in [-0.05, 0) is 55.0 Å². The summed E-state index contributed by atoms with van der Waals surface area (Å²) in [5, 5.41) is 3.28. The number of sulfonamides is 1. The molecule has 0 aliphatic heterocycles.